The fourth-order valence-corrected chi connectivity index (χ4v) is 3.60. The summed E-state index contributed by atoms with van der Waals surface area (Å²) in [7, 11) is 0. The highest BCUT2D eigenvalue weighted by molar-refractivity contribution is 7.20. The van der Waals surface area contributed by atoms with Crippen LogP contribution in [-0.4, -0.2) is 11.0 Å². The quantitative estimate of drug-likeness (QED) is 0.620. The Bertz CT molecular complexity index is 751. The molecule has 2 heterocycles. The maximum Gasteiger partial charge on any atom is 0.312 e. The summed E-state index contributed by atoms with van der Waals surface area (Å²) in [4.78, 5) is 17.5. The summed E-state index contributed by atoms with van der Waals surface area (Å²) in [5.74, 6) is -0.280. The van der Waals surface area contributed by atoms with E-state index in [1.54, 1.807) is 34.8 Å². The van der Waals surface area contributed by atoms with Crippen molar-refractivity contribution in [1.82, 2.24) is 4.98 Å². The summed E-state index contributed by atoms with van der Waals surface area (Å²) in [6.45, 7) is 0.248. The van der Waals surface area contributed by atoms with Crippen LogP contribution in [0.4, 0.5) is 0 Å². The first kappa shape index (κ1) is 15.2. The van der Waals surface area contributed by atoms with E-state index < -0.39 is 0 Å². The number of thiazole rings is 1. The zero-order valence-electron chi connectivity index (χ0n) is 11.5. The molecule has 112 valence electrons. The Morgan fingerprint density at radius 3 is 2.73 bits per heavy atom. The van der Waals surface area contributed by atoms with Gasteiger partial charge in [0.1, 0.15) is 11.6 Å². The van der Waals surface area contributed by atoms with Crippen molar-refractivity contribution < 1.29 is 9.53 Å². The zero-order valence-corrected chi connectivity index (χ0v) is 13.9. The van der Waals surface area contributed by atoms with Crippen molar-refractivity contribution in [3.8, 4) is 9.88 Å². The molecule has 0 amide bonds. The van der Waals surface area contributed by atoms with Crippen LogP contribution in [0.15, 0.2) is 47.2 Å². The summed E-state index contributed by atoms with van der Waals surface area (Å²) < 4.78 is 5.26. The number of carbonyl (C=O) groups excluding carboxylic acids is 1. The van der Waals surface area contributed by atoms with E-state index in [2.05, 4.69) is 4.98 Å². The highest BCUT2D eigenvalue weighted by Gasteiger charge is 2.10. The molecule has 1 aromatic carbocycles. The van der Waals surface area contributed by atoms with Gasteiger partial charge in [0, 0.05) is 10.4 Å². The molecule has 0 spiro atoms. The van der Waals surface area contributed by atoms with Gasteiger partial charge in [-0.05, 0) is 29.1 Å². The molecule has 3 rings (SSSR count). The Kier molecular flexibility index (Phi) is 4.87. The number of carbonyl (C=O) groups is 1. The van der Waals surface area contributed by atoms with Gasteiger partial charge in [-0.1, -0.05) is 29.8 Å². The Morgan fingerprint density at radius 2 is 2.00 bits per heavy atom. The molecule has 0 aliphatic carbocycles. The van der Waals surface area contributed by atoms with E-state index in [1.807, 2.05) is 35.0 Å². The highest BCUT2D eigenvalue weighted by Crippen LogP contribution is 2.27. The average Bonchev–Trinajstić information content (AvgIpc) is 3.17. The van der Waals surface area contributed by atoms with Crippen molar-refractivity contribution >= 4 is 40.2 Å². The van der Waals surface area contributed by atoms with E-state index >= 15 is 0 Å². The van der Waals surface area contributed by atoms with Crippen LogP contribution >= 0.6 is 34.3 Å². The number of halogens is 1. The Morgan fingerprint density at radius 1 is 1.18 bits per heavy atom. The van der Waals surface area contributed by atoms with Gasteiger partial charge in [-0.2, -0.15) is 0 Å². The topological polar surface area (TPSA) is 39.2 Å². The van der Waals surface area contributed by atoms with Crippen LogP contribution in [0.2, 0.25) is 5.02 Å². The van der Waals surface area contributed by atoms with Crippen molar-refractivity contribution in [1.29, 1.82) is 0 Å². The van der Waals surface area contributed by atoms with Gasteiger partial charge >= 0.3 is 5.97 Å². The number of esters is 1. The van der Waals surface area contributed by atoms with Gasteiger partial charge in [-0.15, -0.1) is 22.7 Å². The molecule has 3 aromatic rings. The molecular weight excluding hydrogens is 338 g/mol. The minimum Gasteiger partial charge on any atom is -0.461 e. The Hall–Kier alpha value is -1.69. The van der Waals surface area contributed by atoms with Gasteiger partial charge in [0.2, 0.25) is 0 Å². The normalized spacial score (nSPS) is 10.6. The molecule has 6 heteroatoms. The van der Waals surface area contributed by atoms with Gasteiger partial charge in [0.15, 0.2) is 0 Å². The first-order chi connectivity index (χ1) is 10.7. The SMILES string of the molecule is O=C(Cc1csc(-c2cccs2)n1)OCc1ccc(Cl)cc1. The summed E-state index contributed by atoms with van der Waals surface area (Å²) in [5, 5.41) is 5.52. The van der Waals surface area contributed by atoms with Crippen molar-refractivity contribution in [2.75, 3.05) is 0 Å². The molecule has 0 radical (unpaired) electrons. The van der Waals surface area contributed by atoms with Gasteiger partial charge in [-0.3, -0.25) is 4.79 Å². The van der Waals surface area contributed by atoms with E-state index in [9.17, 15) is 4.79 Å². The molecule has 0 aliphatic heterocycles. The Labute approximate surface area is 141 Å². The van der Waals surface area contributed by atoms with E-state index in [-0.39, 0.29) is 19.0 Å². The number of benzene rings is 1. The molecule has 0 N–H and O–H groups in total. The van der Waals surface area contributed by atoms with Gasteiger partial charge in [0.25, 0.3) is 0 Å². The third-order valence-electron chi connectivity index (χ3n) is 2.92. The number of rotatable bonds is 5. The monoisotopic (exact) mass is 349 g/mol. The molecular formula is C16H12ClNO2S2. The second-order valence-corrected chi connectivity index (χ2v) is 6.83. The lowest BCUT2D eigenvalue weighted by Gasteiger charge is -2.04. The molecule has 0 aliphatic rings. The number of nitrogens with zero attached hydrogens (tertiary/aromatic N) is 1. The molecule has 0 fully saturated rings. The third kappa shape index (κ3) is 3.94. The zero-order chi connectivity index (χ0) is 15.4. The summed E-state index contributed by atoms with van der Waals surface area (Å²) >= 11 is 8.99. The van der Waals surface area contributed by atoms with E-state index in [1.165, 1.54) is 0 Å². The number of thiophene rings is 1. The van der Waals surface area contributed by atoms with Crippen LogP contribution < -0.4 is 0 Å². The molecule has 0 saturated carbocycles. The van der Waals surface area contributed by atoms with Crippen LogP contribution in [0.5, 0.6) is 0 Å². The maximum absolute atomic E-state index is 11.9. The molecule has 2 aromatic heterocycles. The first-order valence-electron chi connectivity index (χ1n) is 6.59. The Balaban J connectivity index is 1.54. The molecule has 0 saturated heterocycles. The lowest BCUT2D eigenvalue weighted by molar-refractivity contribution is -0.144. The predicted octanol–water partition coefficient (Wildman–Crippen LogP) is 4.81. The lowest BCUT2D eigenvalue weighted by Crippen LogP contribution is -2.08. The number of ether oxygens (including phenoxy) is 1. The van der Waals surface area contributed by atoms with E-state index in [0.29, 0.717) is 5.02 Å². The first-order valence-corrected chi connectivity index (χ1v) is 8.73. The minimum absolute atomic E-state index is 0.190. The fourth-order valence-electron chi connectivity index (χ4n) is 1.84. The van der Waals surface area contributed by atoms with Crippen LogP contribution in [0.3, 0.4) is 0 Å². The van der Waals surface area contributed by atoms with Crippen molar-refractivity contribution in [2.45, 2.75) is 13.0 Å². The molecule has 0 atom stereocenters. The highest BCUT2D eigenvalue weighted by atomic mass is 35.5. The third-order valence-corrected chi connectivity index (χ3v) is 5.10. The van der Waals surface area contributed by atoms with Crippen molar-refractivity contribution in [3.05, 3.63) is 63.4 Å². The number of aromatic nitrogens is 1. The lowest BCUT2D eigenvalue weighted by atomic mass is 10.2. The predicted molar refractivity (Wildman–Crippen MR) is 90.4 cm³/mol. The standard InChI is InChI=1S/C16H12ClNO2S2/c17-12-5-3-11(4-6-12)9-20-15(19)8-13-10-22-16(18-13)14-2-1-7-21-14/h1-7,10H,8-9H2. The second kappa shape index (κ2) is 7.05. The fraction of sp³-hybridized carbons (Fsp3) is 0.125. The van der Waals surface area contributed by atoms with Gasteiger partial charge < -0.3 is 4.74 Å². The molecule has 3 nitrogen and oxygen atoms in total. The number of hydrogen-bond donors (Lipinski definition) is 0. The molecule has 0 bridgehead atoms. The largest absolute Gasteiger partial charge is 0.461 e. The van der Waals surface area contributed by atoms with E-state index in [0.717, 1.165) is 21.1 Å². The van der Waals surface area contributed by atoms with Gasteiger partial charge in [-0.25, -0.2) is 4.98 Å². The smallest absolute Gasteiger partial charge is 0.312 e. The average molecular weight is 350 g/mol. The molecule has 0 unspecified atom stereocenters. The van der Waals surface area contributed by atoms with Crippen molar-refractivity contribution in [2.24, 2.45) is 0 Å². The summed E-state index contributed by atoms with van der Waals surface area (Å²) in [5.41, 5.74) is 1.66. The van der Waals surface area contributed by atoms with Crippen LogP contribution in [0, 0.1) is 0 Å². The van der Waals surface area contributed by atoms with Crippen molar-refractivity contribution in [3.63, 3.8) is 0 Å². The van der Waals surface area contributed by atoms with Gasteiger partial charge in [0.05, 0.1) is 17.0 Å². The van der Waals surface area contributed by atoms with E-state index in [4.69, 9.17) is 16.3 Å². The van der Waals surface area contributed by atoms with Crippen LogP contribution in [0.25, 0.3) is 9.88 Å². The minimum atomic E-state index is -0.280. The van der Waals surface area contributed by atoms with Crippen LogP contribution in [0.1, 0.15) is 11.3 Å². The number of hydrogen-bond acceptors (Lipinski definition) is 5. The second-order valence-electron chi connectivity index (χ2n) is 4.59. The maximum atomic E-state index is 11.9. The molecule has 22 heavy (non-hydrogen) atoms. The van der Waals surface area contributed by atoms with Crippen LogP contribution in [-0.2, 0) is 22.6 Å². The summed E-state index contributed by atoms with van der Waals surface area (Å²) in [6.07, 6.45) is 0.190. The summed E-state index contributed by atoms with van der Waals surface area (Å²) in [6, 6.07) is 11.2.